The number of nitrogens with zero attached hydrogens (tertiary/aromatic N) is 3. The van der Waals surface area contributed by atoms with Crippen LogP contribution in [-0.4, -0.2) is 31.4 Å². The number of ether oxygens (including phenoxy) is 1. The van der Waals surface area contributed by atoms with Crippen molar-refractivity contribution in [3.8, 4) is 5.75 Å². The van der Waals surface area contributed by atoms with Crippen LogP contribution in [0, 0.1) is 0 Å². The second kappa shape index (κ2) is 9.46. The van der Waals surface area contributed by atoms with Gasteiger partial charge in [0.15, 0.2) is 5.96 Å². The van der Waals surface area contributed by atoms with Crippen molar-refractivity contribution in [2.75, 3.05) is 24.3 Å². The number of alkyl halides is 3. The maximum atomic E-state index is 12.1. The summed E-state index contributed by atoms with van der Waals surface area (Å²) >= 11 is 0. The number of hydrogen-bond acceptors (Lipinski definition) is 4. The molecule has 0 unspecified atom stereocenters. The Morgan fingerprint density at radius 2 is 1.85 bits per heavy atom. The molecule has 0 aliphatic heterocycles. The summed E-state index contributed by atoms with van der Waals surface area (Å²) in [6, 6.07) is 10.8. The third kappa shape index (κ3) is 7.33. The van der Waals surface area contributed by atoms with Crippen LogP contribution < -0.4 is 20.7 Å². The van der Waals surface area contributed by atoms with E-state index in [0.717, 1.165) is 11.5 Å². The number of aromatic nitrogens is 1. The molecule has 1 aromatic heterocycles. The maximum absolute atomic E-state index is 12.1. The molecule has 1 heterocycles. The summed E-state index contributed by atoms with van der Waals surface area (Å²) in [4.78, 5) is 10.4. The zero-order valence-electron chi connectivity index (χ0n) is 14.1. The lowest BCUT2D eigenvalue weighted by Gasteiger charge is -2.12. The summed E-state index contributed by atoms with van der Waals surface area (Å²) in [5.74, 6) is 0.624. The first-order valence-electron chi connectivity index (χ1n) is 7.29. The highest BCUT2D eigenvalue weighted by Gasteiger charge is 2.30. The van der Waals surface area contributed by atoms with Gasteiger partial charge in [0.2, 0.25) is 0 Å². The Hall–Kier alpha value is -2.24. The molecule has 0 saturated heterocycles. The third-order valence-electron chi connectivity index (χ3n) is 3.02. The Bertz CT molecular complexity index is 735. The van der Waals surface area contributed by atoms with Gasteiger partial charge < -0.3 is 20.7 Å². The summed E-state index contributed by atoms with van der Waals surface area (Å²) in [5, 5.41) is 2.79. The van der Waals surface area contributed by atoms with Gasteiger partial charge >= 0.3 is 6.36 Å². The molecule has 0 spiro atoms. The molecule has 142 valence electrons. The fourth-order valence-electron chi connectivity index (χ4n) is 1.90. The minimum absolute atomic E-state index is 0. The maximum Gasteiger partial charge on any atom is 0.573 e. The van der Waals surface area contributed by atoms with E-state index < -0.39 is 6.36 Å². The van der Waals surface area contributed by atoms with E-state index in [-0.39, 0.29) is 42.2 Å². The van der Waals surface area contributed by atoms with Crippen molar-refractivity contribution in [3.05, 3.63) is 48.2 Å². The van der Waals surface area contributed by atoms with Gasteiger partial charge in [-0.25, -0.2) is 9.98 Å². The van der Waals surface area contributed by atoms with E-state index in [1.165, 1.54) is 24.3 Å². The molecule has 0 fully saturated rings. The van der Waals surface area contributed by atoms with Gasteiger partial charge in [0.25, 0.3) is 0 Å². The average Bonchev–Trinajstić information content (AvgIpc) is 2.54. The van der Waals surface area contributed by atoms with Gasteiger partial charge in [-0.2, -0.15) is 0 Å². The topological polar surface area (TPSA) is 75.8 Å². The molecule has 0 atom stereocenters. The third-order valence-corrected chi connectivity index (χ3v) is 3.02. The molecule has 0 aliphatic carbocycles. The molecular weight excluding hydrogens is 462 g/mol. The molecular formula is C16H19F3IN5O. The molecule has 0 aliphatic rings. The van der Waals surface area contributed by atoms with E-state index in [2.05, 4.69) is 20.0 Å². The van der Waals surface area contributed by atoms with E-state index in [4.69, 9.17) is 5.73 Å². The Kier molecular flexibility index (Phi) is 7.93. The second-order valence-corrected chi connectivity index (χ2v) is 5.28. The van der Waals surface area contributed by atoms with E-state index >= 15 is 0 Å². The number of halogens is 4. The highest BCUT2D eigenvalue weighted by molar-refractivity contribution is 14.0. The van der Waals surface area contributed by atoms with Crippen LogP contribution in [0.5, 0.6) is 5.75 Å². The number of rotatable bonds is 5. The number of pyridine rings is 1. The number of aliphatic imine (C=N–C) groups is 1. The van der Waals surface area contributed by atoms with Crippen LogP contribution in [0.25, 0.3) is 0 Å². The van der Waals surface area contributed by atoms with Gasteiger partial charge in [0.1, 0.15) is 11.6 Å². The highest BCUT2D eigenvalue weighted by atomic mass is 127. The van der Waals surface area contributed by atoms with Gasteiger partial charge in [-0.1, -0.05) is 6.07 Å². The van der Waals surface area contributed by atoms with Crippen molar-refractivity contribution < 1.29 is 17.9 Å². The SMILES string of the molecule is CN(C)c1cccc(CN=C(N)Nc2ccc(OC(F)(F)F)cc2)n1.I. The van der Waals surface area contributed by atoms with Crippen LogP contribution in [0.4, 0.5) is 24.7 Å². The number of nitrogens with two attached hydrogens (primary N) is 1. The van der Waals surface area contributed by atoms with Crippen molar-refractivity contribution in [1.29, 1.82) is 0 Å². The van der Waals surface area contributed by atoms with E-state index in [1.807, 2.05) is 37.2 Å². The molecule has 0 amide bonds. The van der Waals surface area contributed by atoms with Gasteiger partial charge in [0.05, 0.1) is 12.2 Å². The highest BCUT2D eigenvalue weighted by Crippen LogP contribution is 2.23. The van der Waals surface area contributed by atoms with Crippen LogP contribution in [0.3, 0.4) is 0 Å². The smallest absolute Gasteiger partial charge is 0.406 e. The van der Waals surface area contributed by atoms with Gasteiger partial charge in [-0.15, -0.1) is 37.1 Å². The summed E-state index contributed by atoms with van der Waals surface area (Å²) in [6.07, 6.45) is -4.72. The first-order valence-corrected chi connectivity index (χ1v) is 7.29. The van der Waals surface area contributed by atoms with Crippen LogP contribution in [0.2, 0.25) is 0 Å². The predicted molar refractivity (Wildman–Crippen MR) is 106 cm³/mol. The first kappa shape index (κ1) is 21.8. The molecule has 2 aromatic rings. The second-order valence-electron chi connectivity index (χ2n) is 5.28. The molecule has 0 bridgehead atoms. The fourth-order valence-corrected chi connectivity index (χ4v) is 1.90. The Morgan fingerprint density at radius 1 is 1.19 bits per heavy atom. The quantitative estimate of drug-likeness (QED) is 0.388. The molecule has 0 saturated carbocycles. The van der Waals surface area contributed by atoms with E-state index in [1.54, 1.807) is 0 Å². The monoisotopic (exact) mass is 481 g/mol. The Labute approximate surface area is 166 Å². The van der Waals surface area contributed by atoms with E-state index in [0.29, 0.717) is 5.69 Å². The van der Waals surface area contributed by atoms with Crippen LogP contribution in [-0.2, 0) is 6.54 Å². The number of benzene rings is 1. The number of anilines is 2. The largest absolute Gasteiger partial charge is 0.573 e. The minimum Gasteiger partial charge on any atom is -0.406 e. The minimum atomic E-state index is -4.72. The van der Waals surface area contributed by atoms with Gasteiger partial charge in [-0.3, -0.25) is 0 Å². The average molecular weight is 481 g/mol. The lowest BCUT2D eigenvalue weighted by molar-refractivity contribution is -0.274. The van der Waals surface area contributed by atoms with Crippen LogP contribution >= 0.6 is 24.0 Å². The predicted octanol–water partition coefficient (Wildman–Crippen LogP) is 3.59. The summed E-state index contributed by atoms with van der Waals surface area (Å²) in [7, 11) is 3.77. The van der Waals surface area contributed by atoms with Gasteiger partial charge in [-0.05, 0) is 36.4 Å². The molecule has 3 N–H and O–H groups in total. The number of hydrogen-bond donors (Lipinski definition) is 2. The van der Waals surface area contributed by atoms with Crippen molar-refractivity contribution in [3.63, 3.8) is 0 Å². The van der Waals surface area contributed by atoms with Crippen molar-refractivity contribution in [1.82, 2.24) is 4.98 Å². The zero-order chi connectivity index (χ0) is 18.4. The molecule has 0 radical (unpaired) electrons. The normalized spacial score (nSPS) is 11.5. The molecule has 1 aromatic carbocycles. The molecule has 26 heavy (non-hydrogen) atoms. The fraction of sp³-hybridized carbons (Fsp3) is 0.250. The summed E-state index contributed by atoms with van der Waals surface area (Å²) in [5.41, 5.74) is 7.01. The number of nitrogens with one attached hydrogen (secondary N) is 1. The zero-order valence-corrected chi connectivity index (χ0v) is 16.4. The lowest BCUT2D eigenvalue weighted by atomic mass is 10.3. The molecule has 10 heteroatoms. The van der Waals surface area contributed by atoms with E-state index in [9.17, 15) is 13.2 Å². The van der Waals surface area contributed by atoms with Gasteiger partial charge in [0, 0.05) is 19.8 Å². The Morgan fingerprint density at radius 3 is 2.42 bits per heavy atom. The van der Waals surface area contributed by atoms with Crippen LogP contribution in [0.15, 0.2) is 47.5 Å². The van der Waals surface area contributed by atoms with Crippen molar-refractivity contribution >= 4 is 41.4 Å². The molecule has 6 nitrogen and oxygen atoms in total. The standard InChI is InChI=1S/C16H18F3N5O.HI/c1-24(2)14-5-3-4-12(22-14)10-21-15(20)23-11-6-8-13(9-7-11)25-16(17,18)19;/h3-9H,10H2,1-2H3,(H3,20,21,23);1H. The summed E-state index contributed by atoms with van der Waals surface area (Å²) < 4.78 is 40.1. The number of guanidine groups is 1. The Balaban J connectivity index is 0.00000338. The van der Waals surface area contributed by atoms with Crippen molar-refractivity contribution in [2.24, 2.45) is 10.7 Å². The first-order chi connectivity index (χ1) is 11.7. The van der Waals surface area contributed by atoms with Crippen molar-refractivity contribution in [2.45, 2.75) is 12.9 Å². The summed E-state index contributed by atoms with van der Waals surface area (Å²) in [6.45, 7) is 0.274. The molecule has 2 rings (SSSR count). The van der Waals surface area contributed by atoms with Crippen LogP contribution in [0.1, 0.15) is 5.69 Å². The lowest BCUT2D eigenvalue weighted by Crippen LogP contribution is -2.22.